The first-order chi connectivity index (χ1) is 40.5. The fourth-order valence-electron chi connectivity index (χ4n) is 3.93. The number of hydrogen-bond donors (Lipinski definition) is 6. The second-order valence-electron chi connectivity index (χ2n) is 15.7. The van der Waals surface area contributed by atoms with Crippen LogP contribution in [0, 0.1) is 96.9 Å². The number of aryl methyl sites for hydroxylation is 14. The summed E-state index contributed by atoms with van der Waals surface area (Å²) in [5, 5.41) is 62.3. The number of nitrogens with zero attached hydrogens (tertiary/aromatic N) is 19. The third-order valence-corrected chi connectivity index (χ3v) is 9.88. The number of furan rings is 1. The monoisotopic (exact) mass is 1210 g/mol. The van der Waals surface area contributed by atoms with Gasteiger partial charge in [0.15, 0.2) is 12.1 Å². The Labute approximate surface area is 496 Å². The average molecular weight is 1210 g/mol. The van der Waals surface area contributed by atoms with E-state index in [1.54, 1.807) is 98.8 Å². The van der Waals surface area contributed by atoms with Gasteiger partial charge in [-0.3, -0.25) is 20.4 Å². The lowest BCUT2D eigenvalue weighted by atomic mass is 10.4. The summed E-state index contributed by atoms with van der Waals surface area (Å²) in [6, 6.07) is 7.96. The van der Waals surface area contributed by atoms with E-state index in [9.17, 15) is 0 Å². The van der Waals surface area contributed by atoms with Crippen LogP contribution in [0.2, 0.25) is 0 Å². The molecular weight excluding hydrogens is 1140 g/mol. The Morgan fingerprint density at radius 2 is 1.31 bits per heavy atom. The molecule has 0 atom stereocenters. The van der Waals surface area contributed by atoms with Crippen LogP contribution >= 0.6 is 34.2 Å². The van der Waals surface area contributed by atoms with Gasteiger partial charge in [0.05, 0.1) is 24.9 Å². The maximum Gasteiger partial charge on any atom is 0.223 e. The molecule has 0 fully saturated rings. The molecule has 84 heavy (non-hydrogen) atoms. The van der Waals surface area contributed by atoms with Gasteiger partial charge < -0.3 is 32.4 Å². The number of hydrogen-bond acceptors (Lipinski definition) is 27. The maximum absolute atomic E-state index is 4.71. The zero-order valence-corrected chi connectivity index (χ0v) is 51.5. The average Bonchev–Trinajstić information content (AvgIpc) is 4.27. The zero-order chi connectivity index (χ0) is 61.7. The molecule has 448 valence electrons. The van der Waals surface area contributed by atoms with Crippen molar-refractivity contribution in [3.8, 4) is 0 Å². The highest BCUT2D eigenvalue weighted by atomic mass is 32.1. The molecule has 0 spiro atoms. The summed E-state index contributed by atoms with van der Waals surface area (Å²) in [6.45, 7) is 26.7. The molecule has 14 aromatic rings. The number of nitrogens with one attached hydrogen (secondary N) is 6. The molecule has 0 aliphatic carbocycles. The number of aromatic nitrogens is 25. The van der Waals surface area contributed by atoms with Crippen LogP contribution in [0.4, 0.5) is 0 Å². The first-order valence-corrected chi connectivity index (χ1v) is 27.1. The standard InChI is InChI=1S/C5H7N.C5H6O.C5H6S.3C4H6N2.2C3H5N3.4C3H4N2O.2C3H4N2S/c3*1-5-2-3-6-4-5;1-4-2-5-6-3-4;1-4-5-2-3-6-4;1-4-2-3-5-6-4;2*1-3-4-2-5-6-3;1-3-5-4-2-6-3;1-3-4-2-5-6-3;1-3-2-6-5-4-3;1-3-2-4-5-6-3;1-3-5-4-2-6-3;1-3-4-2-5-6-3/h2-4,6H,1H3;2*2-4H,1H3;3*2-3H,1H3,(H,5,6);2*2H,1H3,(H,4,5,6);6*2H,1H3. The van der Waals surface area contributed by atoms with E-state index >= 15 is 0 Å². The fraction of sp³-hybridized carbons (Fsp3) is 0.275. The van der Waals surface area contributed by atoms with Crippen LogP contribution in [-0.4, -0.2) is 126 Å². The highest BCUT2D eigenvalue weighted by Crippen LogP contribution is 2.01. The molecule has 0 aromatic carbocycles. The van der Waals surface area contributed by atoms with Crippen LogP contribution in [0.1, 0.15) is 78.7 Å². The molecule has 0 saturated carbocycles. The Kier molecular flexibility index (Phi) is 41.7. The predicted octanol–water partition coefficient (Wildman–Crippen LogP) is 10.6. The van der Waals surface area contributed by atoms with E-state index in [1.165, 1.54) is 65.4 Å². The smallest absolute Gasteiger partial charge is 0.223 e. The topological polar surface area (TPSA) is 405 Å². The number of rotatable bonds is 0. The molecule has 14 heterocycles. The van der Waals surface area contributed by atoms with Gasteiger partial charge in [-0.1, -0.05) is 5.16 Å². The van der Waals surface area contributed by atoms with E-state index in [2.05, 4.69) is 175 Å². The molecule has 0 aliphatic rings. The molecule has 0 saturated heterocycles. The van der Waals surface area contributed by atoms with E-state index in [0.29, 0.717) is 11.8 Å². The van der Waals surface area contributed by atoms with Crippen LogP contribution in [0.15, 0.2) is 163 Å². The summed E-state index contributed by atoms with van der Waals surface area (Å²) in [4.78, 5) is 24.6. The maximum atomic E-state index is 4.71. The number of aromatic amines is 6. The zero-order valence-electron chi connectivity index (χ0n) is 49.0. The van der Waals surface area contributed by atoms with Gasteiger partial charge in [-0.2, -0.15) is 41.1 Å². The van der Waals surface area contributed by atoms with E-state index < -0.39 is 0 Å². The van der Waals surface area contributed by atoms with Gasteiger partial charge in [0.2, 0.25) is 18.2 Å². The minimum absolute atomic E-state index is 0.606. The highest BCUT2D eigenvalue weighted by molar-refractivity contribution is 7.09. The molecule has 0 aliphatic heterocycles. The Morgan fingerprint density at radius 1 is 0.536 bits per heavy atom. The van der Waals surface area contributed by atoms with E-state index in [-0.39, 0.29) is 0 Å². The van der Waals surface area contributed by atoms with Crippen molar-refractivity contribution in [2.75, 3.05) is 0 Å². The van der Waals surface area contributed by atoms with E-state index in [1.807, 2.05) is 99.1 Å². The van der Waals surface area contributed by atoms with Crippen molar-refractivity contribution in [1.29, 1.82) is 0 Å². The molecule has 0 bridgehead atoms. The van der Waals surface area contributed by atoms with Gasteiger partial charge >= 0.3 is 0 Å². The molecular formula is C51H71N25O5S3. The van der Waals surface area contributed by atoms with Crippen molar-refractivity contribution in [2.24, 2.45) is 0 Å². The molecule has 33 heteroatoms. The quantitative estimate of drug-likeness (QED) is 0.0821. The number of thiophene rings is 1. The summed E-state index contributed by atoms with van der Waals surface area (Å²) in [7, 11) is 0. The summed E-state index contributed by atoms with van der Waals surface area (Å²) in [5.74, 6) is 4.64. The molecule has 14 rings (SSSR count). The van der Waals surface area contributed by atoms with Gasteiger partial charge in [-0.05, 0) is 152 Å². The second kappa shape index (κ2) is 48.7. The summed E-state index contributed by atoms with van der Waals surface area (Å²) in [6.07, 6.45) is 26.4. The van der Waals surface area contributed by atoms with Gasteiger partial charge in [0.1, 0.15) is 63.9 Å². The van der Waals surface area contributed by atoms with Crippen LogP contribution in [0.25, 0.3) is 0 Å². The minimum atomic E-state index is 0.606. The third kappa shape index (κ3) is 46.7. The molecule has 0 amide bonds. The van der Waals surface area contributed by atoms with Gasteiger partial charge in [0, 0.05) is 67.3 Å². The van der Waals surface area contributed by atoms with Gasteiger partial charge in [-0.15, -0.1) is 41.9 Å². The molecule has 0 radical (unpaired) electrons. The second-order valence-corrected chi connectivity index (χ2v) is 18.5. The normalized spacial score (nSPS) is 8.83. The first-order valence-electron chi connectivity index (χ1n) is 24.5. The Hall–Kier alpha value is -10.1. The van der Waals surface area contributed by atoms with Crippen molar-refractivity contribution in [2.45, 2.75) is 96.9 Å². The fourth-order valence-corrected chi connectivity index (χ4v) is 5.28. The third-order valence-electron chi connectivity index (χ3n) is 7.88. The predicted molar refractivity (Wildman–Crippen MR) is 316 cm³/mol. The van der Waals surface area contributed by atoms with Crippen molar-refractivity contribution in [3.63, 3.8) is 0 Å². The van der Waals surface area contributed by atoms with Crippen LogP contribution in [0.3, 0.4) is 0 Å². The first kappa shape index (κ1) is 71.9. The lowest BCUT2D eigenvalue weighted by Gasteiger charge is -1.68. The lowest BCUT2D eigenvalue weighted by molar-refractivity contribution is 0.374. The van der Waals surface area contributed by atoms with Crippen LogP contribution in [0.5, 0.6) is 0 Å². The van der Waals surface area contributed by atoms with Crippen molar-refractivity contribution >= 4 is 34.2 Å². The SMILES string of the molecule is Cc1cc[nH]c1.Cc1ccn[nH]1.Cc1ccoc1.Cc1ccsc1.Cc1cn[nH]c1.Cc1cnno1.Cc1conn1.Cc1ncc[nH]1.Cc1ncn[nH]1.Cc1ncn[nH]1.Cc1ncno1.Cc1ncns1.Cc1nnco1.Cc1nncs1. The molecule has 0 unspecified atom stereocenters. The summed E-state index contributed by atoms with van der Waals surface area (Å²) >= 11 is 4.71. The van der Waals surface area contributed by atoms with Crippen LogP contribution < -0.4 is 0 Å². The Bertz CT molecular complexity index is 2430. The largest absolute Gasteiger partial charge is 0.472 e. The molecule has 6 N–H and O–H groups in total. The van der Waals surface area contributed by atoms with E-state index in [4.69, 9.17) is 4.42 Å². The Morgan fingerprint density at radius 3 is 1.46 bits per heavy atom. The number of imidazole rings is 1. The minimum Gasteiger partial charge on any atom is -0.472 e. The van der Waals surface area contributed by atoms with Crippen LogP contribution in [-0.2, 0) is 0 Å². The molecule has 30 nitrogen and oxygen atoms in total. The number of H-pyrrole nitrogens is 6. The van der Waals surface area contributed by atoms with Crippen molar-refractivity contribution in [3.05, 3.63) is 219 Å². The van der Waals surface area contributed by atoms with Gasteiger partial charge in [0.25, 0.3) is 0 Å². The van der Waals surface area contributed by atoms with Crippen molar-refractivity contribution in [1.82, 2.24) is 126 Å². The summed E-state index contributed by atoms with van der Waals surface area (Å²) < 4.78 is 26.4. The van der Waals surface area contributed by atoms with Gasteiger partial charge in [-0.25, -0.2) is 19.9 Å². The van der Waals surface area contributed by atoms with E-state index in [0.717, 1.165) is 44.6 Å². The van der Waals surface area contributed by atoms with Crippen molar-refractivity contribution < 1.29 is 22.4 Å². The Balaban J connectivity index is 0.000000452. The molecule has 14 aromatic heterocycles. The lowest BCUT2D eigenvalue weighted by Crippen LogP contribution is -1.68. The highest BCUT2D eigenvalue weighted by Gasteiger charge is 1.84. The summed E-state index contributed by atoms with van der Waals surface area (Å²) in [5.41, 5.74) is 8.64.